The Hall–Kier alpha value is -1.79. The summed E-state index contributed by atoms with van der Waals surface area (Å²) in [5.74, 6) is 6.16. The molecule has 2 nitrogen and oxygen atoms in total. The van der Waals surface area contributed by atoms with Gasteiger partial charge in [0, 0.05) is 18.0 Å². The Kier molecular flexibility index (Phi) is 3.79. The van der Waals surface area contributed by atoms with Crippen LogP contribution in [-0.4, -0.2) is 16.2 Å². The topological polar surface area (TPSA) is 25.8 Å². The lowest BCUT2D eigenvalue weighted by Crippen LogP contribution is -1.86. The average molecular weight is 240 g/mol. The van der Waals surface area contributed by atoms with Gasteiger partial charge in [0.25, 0.3) is 0 Å². The van der Waals surface area contributed by atoms with E-state index in [1.807, 2.05) is 18.4 Å². The summed E-state index contributed by atoms with van der Waals surface area (Å²) in [4.78, 5) is 8.35. The van der Waals surface area contributed by atoms with Gasteiger partial charge in [0.05, 0.1) is 5.56 Å². The highest BCUT2D eigenvalue weighted by molar-refractivity contribution is 7.98. The molecule has 1 aromatic heterocycles. The zero-order valence-corrected chi connectivity index (χ0v) is 10.6. The fourth-order valence-electron chi connectivity index (χ4n) is 1.35. The van der Waals surface area contributed by atoms with Crippen molar-refractivity contribution in [2.24, 2.45) is 0 Å². The van der Waals surface area contributed by atoms with Crippen LogP contribution in [0.4, 0.5) is 0 Å². The predicted octanol–water partition coefficient (Wildman–Crippen LogP) is 2.91. The molecule has 0 spiro atoms. The van der Waals surface area contributed by atoms with Crippen LogP contribution >= 0.6 is 11.8 Å². The smallest absolute Gasteiger partial charge is 0.187 e. The molecule has 0 aliphatic carbocycles. The van der Waals surface area contributed by atoms with Crippen LogP contribution in [0, 0.1) is 18.8 Å². The van der Waals surface area contributed by atoms with Gasteiger partial charge in [-0.15, -0.1) is 0 Å². The fourth-order valence-corrected chi connectivity index (χ4v) is 1.67. The maximum absolute atomic E-state index is 4.18. The highest BCUT2D eigenvalue weighted by Crippen LogP contribution is 2.06. The van der Waals surface area contributed by atoms with Crippen molar-refractivity contribution < 1.29 is 0 Å². The number of aromatic nitrogens is 2. The Labute approximate surface area is 106 Å². The summed E-state index contributed by atoms with van der Waals surface area (Å²) < 4.78 is 0. The highest BCUT2D eigenvalue weighted by atomic mass is 32.2. The molecule has 0 bridgehead atoms. The first-order chi connectivity index (χ1) is 8.28. The summed E-state index contributed by atoms with van der Waals surface area (Å²) in [5.41, 5.74) is 3.06. The van der Waals surface area contributed by atoms with E-state index in [1.54, 1.807) is 12.4 Å². The number of thioether (sulfide) groups is 1. The third-order valence-electron chi connectivity index (χ3n) is 2.18. The summed E-state index contributed by atoms with van der Waals surface area (Å²) in [6.07, 6.45) is 5.46. The number of rotatable bonds is 1. The molecule has 0 saturated heterocycles. The zero-order valence-electron chi connectivity index (χ0n) is 9.77. The lowest BCUT2D eigenvalue weighted by Gasteiger charge is -1.94. The van der Waals surface area contributed by atoms with E-state index in [4.69, 9.17) is 0 Å². The largest absolute Gasteiger partial charge is 0.230 e. The van der Waals surface area contributed by atoms with Crippen molar-refractivity contribution >= 4 is 11.8 Å². The van der Waals surface area contributed by atoms with Crippen LogP contribution in [0.3, 0.4) is 0 Å². The number of benzene rings is 1. The van der Waals surface area contributed by atoms with E-state index in [2.05, 4.69) is 40.9 Å². The normalized spacial score (nSPS) is 9.53. The lowest BCUT2D eigenvalue weighted by molar-refractivity contribution is 0.965. The fraction of sp³-hybridized carbons (Fsp3) is 0.143. The third kappa shape index (κ3) is 3.33. The van der Waals surface area contributed by atoms with E-state index >= 15 is 0 Å². The number of nitrogens with zero attached hydrogens (tertiary/aromatic N) is 2. The molecule has 0 aliphatic rings. The van der Waals surface area contributed by atoms with Gasteiger partial charge in [-0.05, 0) is 30.9 Å². The maximum Gasteiger partial charge on any atom is 0.187 e. The van der Waals surface area contributed by atoms with Gasteiger partial charge in [0.15, 0.2) is 5.16 Å². The summed E-state index contributed by atoms with van der Waals surface area (Å²) in [6, 6.07) is 8.12. The SMILES string of the molecule is CSc1ncc(C#Cc2cccc(C)c2)cn1. The molecule has 2 rings (SSSR count). The lowest BCUT2D eigenvalue weighted by atomic mass is 10.1. The molecule has 0 amide bonds. The van der Waals surface area contributed by atoms with Gasteiger partial charge in [-0.2, -0.15) is 0 Å². The molecular formula is C14H12N2S. The Morgan fingerprint density at radius 2 is 1.76 bits per heavy atom. The van der Waals surface area contributed by atoms with E-state index in [1.165, 1.54) is 17.3 Å². The quantitative estimate of drug-likeness (QED) is 0.435. The van der Waals surface area contributed by atoms with E-state index in [0.717, 1.165) is 16.3 Å². The predicted molar refractivity (Wildman–Crippen MR) is 71.0 cm³/mol. The van der Waals surface area contributed by atoms with E-state index in [0.29, 0.717) is 0 Å². The minimum atomic E-state index is 0.770. The summed E-state index contributed by atoms with van der Waals surface area (Å²) in [5, 5.41) is 0.770. The van der Waals surface area contributed by atoms with Crippen LogP contribution < -0.4 is 0 Å². The minimum absolute atomic E-state index is 0.770. The van der Waals surface area contributed by atoms with Crippen LogP contribution in [0.15, 0.2) is 41.8 Å². The Morgan fingerprint density at radius 3 is 2.41 bits per heavy atom. The Balaban J connectivity index is 2.20. The second-order valence-electron chi connectivity index (χ2n) is 3.58. The molecule has 1 aromatic carbocycles. The van der Waals surface area contributed by atoms with Crippen molar-refractivity contribution in [3.05, 3.63) is 53.3 Å². The Bertz CT molecular complexity index is 565. The van der Waals surface area contributed by atoms with Gasteiger partial charge in [-0.1, -0.05) is 35.7 Å². The number of aryl methyl sites for hydroxylation is 1. The van der Waals surface area contributed by atoms with Crippen molar-refractivity contribution in [2.75, 3.05) is 6.26 Å². The molecule has 0 saturated carbocycles. The molecule has 84 valence electrons. The van der Waals surface area contributed by atoms with Gasteiger partial charge in [-0.25, -0.2) is 9.97 Å². The molecule has 2 aromatic rings. The number of hydrogen-bond acceptors (Lipinski definition) is 3. The van der Waals surface area contributed by atoms with E-state index < -0.39 is 0 Å². The summed E-state index contributed by atoms with van der Waals surface area (Å²) >= 11 is 1.52. The van der Waals surface area contributed by atoms with Crippen LogP contribution in [0.2, 0.25) is 0 Å². The molecular weight excluding hydrogens is 228 g/mol. The van der Waals surface area contributed by atoms with Crippen molar-refractivity contribution in [1.29, 1.82) is 0 Å². The van der Waals surface area contributed by atoms with Crippen LogP contribution in [0.5, 0.6) is 0 Å². The van der Waals surface area contributed by atoms with Crippen molar-refractivity contribution in [1.82, 2.24) is 9.97 Å². The van der Waals surface area contributed by atoms with Gasteiger partial charge in [0.2, 0.25) is 0 Å². The van der Waals surface area contributed by atoms with Gasteiger partial charge in [0.1, 0.15) is 0 Å². The molecule has 3 heteroatoms. The first-order valence-corrected chi connectivity index (χ1v) is 6.45. The molecule has 1 heterocycles. The second kappa shape index (κ2) is 5.51. The first kappa shape index (κ1) is 11.7. The van der Waals surface area contributed by atoms with E-state index in [-0.39, 0.29) is 0 Å². The standard InChI is InChI=1S/C14H12N2S/c1-11-4-3-5-12(8-11)6-7-13-9-15-14(17-2)16-10-13/h3-5,8-10H,1-2H3. The van der Waals surface area contributed by atoms with Crippen LogP contribution in [-0.2, 0) is 0 Å². The highest BCUT2D eigenvalue weighted by Gasteiger charge is 1.92. The molecule has 0 aliphatic heterocycles. The van der Waals surface area contributed by atoms with Gasteiger partial charge >= 0.3 is 0 Å². The minimum Gasteiger partial charge on any atom is -0.230 e. The molecule has 0 fully saturated rings. The average Bonchev–Trinajstić information content (AvgIpc) is 2.37. The first-order valence-electron chi connectivity index (χ1n) is 5.22. The summed E-state index contributed by atoms with van der Waals surface area (Å²) in [6.45, 7) is 2.06. The van der Waals surface area contributed by atoms with Crippen molar-refractivity contribution in [3.63, 3.8) is 0 Å². The zero-order chi connectivity index (χ0) is 12.1. The molecule has 17 heavy (non-hydrogen) atoms. The molecule has 0 radical (unpaired) electrons. The molecule has 0 N–H and O–H groups in total. The van der Waals surface area contributed by atoms with Crippen molar-refractivity contribution in [2.45, 2.75) is 12.1 Å². The van der Waals surface area contributed by atoms with Gasteiger partial charge in [-0.3, -0.25) is 0 Å². The third-order valence-corrected chi connectivity index (χ3v) is 2.76. The van der Waals surface area contributed by atoms with Crippen LogP contribution in [0.1, 0.15) is 16.7 Å². The van der Waals surface area contributed by atoms with Crippen molar-refractivity contribution in [3.8, 4) is 11.8 Å². The number of hydrogen-bond donors (Lipinski definition) is 0. The van der Waals surface area contributed by atoms with E-state index in [9.17, 15) is 0 Å². The summed E-state index contributed by atoms with van der Waals surface area (Å²) in [7, 11) is 0. The Morgan fingerprint density at radius 1 is 1.06 bits per heavy atom. The maximum atomic E-state index is 4.18. The monoisotopic (exact) mass is 240 g/mol. The second-order valence-corrected chi connectivity index (χ2v) is 4.35. The van der Waals surface area contributed by atoms with Gasteiger partial charge < -0.3 is 0 Å². The molecule has 0 unspecified atom stereocenters. The van der Waals surface area contributed by atoms with Crippen LogP contribution in [0.25, 0.3) is 0 Å². The molecule has 0 atom stereocenters.